The van der Waals surface area contributed by atoms with Crippen molar-refractivity contribution in [3.8, 4) is 17.0 Å². The molecule has 16 heteroatoms. The maximum Gasteiger partial charge on any atom is 0.262 e. The van der Waals surface area contributed by atoms with Crippen molar-refractivity contribution in [3.05, 3.63) is 76.6 Å². The average molecular weight is 774 g/mol. The van der Waals surface area contributed by atoms with E-state index in [1.54, 1.807) is 36.7 Å². The van der Waals surface area contributed by atoms with Crippen molar-refractivity contribution in [1.29, 1.82) is 0 Å². The SMILES string of the molecule is CC(C)Oc1cc2c(cc1-c1nn3cccnc3c1C(N)=O)CN(C1CCC(N(C)C3CN(c4ccc5c(c4)C(=O)N(C4CCC(=O)NC4=O)C5=O)C3)CC1)C2=O. The number of aromatic nitrogens is 3. The zero-order valence-electron chi connectivity index (χ0n) is 31.9. The van der Waals surface area contributed by atoms with E-state index in [4.69, 9.17) is 10.5 Å². The second-order valence-electron chi connectivity index (χ2n) is 15.9. The summed E-state index contributed by atoms with van der Waals surface area (Å²) >= 11 is 0. The van der Waals surface area contributed by atoms with Crippen molar-refractivity contribution < 1.29 is 33.5 Å². The average Bonchev–Trinajstić information content (AvgIpc) is 3.79. The van der Waals surface area contributed by atoms with Gasteiger partial charge in [0.05, 0.1) is 17.2 Å². The van der Waals surface area contributed by atoms with Gasteiger partial charge in [-0.05, 0) is 95.0 Å². The summed E-state index contributed by atoms with van der Waals surface area (Å²) in [7, 11) is 2.15. The number of carbonyl (C=O) groups is 6. The molecule has 3 fully saturated rings. The van der Waals surface area contributed by atoms with E-state index in [1.807, 2.05) is 30.9 Å². The van der Waals surface area contributed by atoms with E-state index in [0.29, 0.717) is 46.8 Å². The molecule has 16 nitrogen and oxygen atoms in total. The van der Waals surface area contributed by atoms with Crippen LogP contribution >= 0.6 is 0 Å². The van der Waals surface area contributed by atoms with Crippen LogP contribution in [0, 0.1) is 0 Å². The Kier molecular flexibility index (Phi) is 8.83. The molecule has 1 saturated carbocycles. The predicted molar refractivity (Wildman–Crippen MR) is 206 cm³/mol. The lowest BCUT2D eigenvalue weighted by atomic mass is 9.88. The van der Waals surface area contributed by atoms with Gasteiger partial charge in [-0.2, -0.15) is 5.10 Å². The Bertz CT molecular complexity index is 2390. The highest BCUT2D eigenvalue weighted by Crippen LogP contribution is 2.41. The standard InChI is InChI=1S/C41H43N9O7/c1-21(2)57-32-17-28-22(15-30(32)35-34(36(42)52)37-43-13-4-14-49(37)45-35)18-48(39(28)54)24-7-5-23(6-8-24)46(3)26-19-47(20-26)25-9-10-27-29(16-25)41(56)50(40(27)55)31-11-12-33(51)44-38(31)53/h4,9-10,13-17,21,23-24,26,31H,5-8,11-12,18-20H2,1-3H3,(H2,42,52)(H,44,51,53). The van der Waals surface area contributed by atoms with Crippen LogP contribution in [0.3, 0.4) is 0 Å². The van der Waals surface area contributed by atoms with Gasteiger partial charge in [-0.3, -0.25) is 43.9 Å². The van der Waals surface area contributed by atoms with Gasteiger partial charge >= 0.3 is 0 Å². The number of fused-ring (bicyclic) bond motifs is 3. The molecule has 0 bridgehead atoms. The second kappa shape index (κ2) is 13.8. The summed E-state index contributed by atoms with van der Waals surface area (Å²) in [6, 6.07) is 10.4. The first-order valence-electron chi connectivity index (χ1n) is 19.5. The topological polar surface area (TPSA) is 193 Å². The van der Waals surface area contributed by atoms with Crippen LogP contribution in [0.2, 0.25) is 0 Å². The zero-order chi connectivity index (χ0) is 39.9. The number of carbonyl (C=O) groups excluding carboxylic acids is 6. The molecular weight excluding hydrogens is 731 g/mol. The van der Waals surface area contributed by atoms with Crippen LogP contribution in [0.4, 0.5) is 5.69 Å². The number of anilines is 1. The Morgan fingerprint density at radius 3 is 2.39 bits per heavy atom. The lowest BCUT2D eigenvalue weighted by Gasteiger charge is -2.49. The number of amides is 6. The van der Waals surface area contributed by atoms with E-state index >= 15 is 0 Å². The van der Waals surface area contributed by atoms with E-state index in [-0.39, 0.29) is 47.6 Å². The van der Waals surface area contributed by atoms with Crippen LogP contribution in [0.15, 0.2) is 48.8 Å². The molecule has 2 saturated heterocycles. The summed E-state index contributed by atoms with van der Waals surface area (Å²) in [5.74, 6) is -2.28. The largest absolute Gasteiger partial charge is 0.490 e. The van der Waals surface area contributed by atoms with Crippen molar-refractivity contribution in [2.75, 3.05) is 25.0 Å². The third-order valence-electron chi connectivity index (χ3n) is 12.2. The van der Waals surface area contributed by atoms with Crippen LogP contribution < -0.4 is 20.7 Å². The van der Waals surface area contributed by atoms with Crippen LogP contribution in [-0.2, 0) is 16.1 Å². The maximum atomic E-state index is 14.0. The van der Waals surface area contributed by atoms with E-state index in [2.05, 4.69) is 32.2 Å². The highest BCUT2D eigenvalue weighted by Gasteiger charge is 2.46. The van der Waals surface area contributed by atoms with Gasteiger partial charge in [0.25, 0.3) is 23.6 Å². The molecule has 0 spiro atoms. The Morgan fingerprint density at radius 2 is 1.67 bits per heavy atom. The van der Waals surface area contributed by atoms with Gasteiger partial charge in [0.2, 0.25) is 11.8 Å². The van der Waals surface area contributed by atoms with Gasteiger partial charge in [0, 0.05) is 73.4 Å². The Balaban J connectivity index is 0.841. The van der Waals surface area contributed by atoms with Crippen LogP contribution in [-0.4, -0.2) is 115 Å². The molecule has 6 heterocycles. The molecule has 1 atom stereocenters. The molecule has 1 aliphatic carbocycles. The molecule has 2 aromatic heterocycles. The molecule has 57 heavy (non-hydrogen) atoms. The Hall–Kier alpha value is -6.16. The molecule has 1 unspecified atom stereocenters. The molecule has 9 rings (SSSR count). The van der Waals surface area contributed by atoms with Gasteiger partial charge in [-0.25, -0.2) is 9.50 Å². The Labute approximate surface area is 327 Å². The summed E-state index contributed by atoms with van der Waals surface area (Å²) in [4.78, 5) is 89.1. The second-order valence-corrected chi connectivity index (χ2v) is 15.9. The molecular formula is C41H43N9O7. The fourth-order valence-corrected chi connectivity index (χ4v) is 9.15. The molecule has 3 N–H and O–H groups in total. The number of nitrogens with zero attached hydrogens (tertiary/aromatic N) is 7. The number of hydrogen-bond acceptors (Lipinski definition) is 11. The van der Waals surface area contributed by atoms with Gasteiger partial charge in [0.15, 0.2) is 5.65 Å². The fourth-order valence-electron chi connectivity index (χ4n) is 9.15. The zero-order valence-corrected chi connectivity index (χ0v) is 31.9. The number of ether oxygens (including phenoxy) is 1. The molecule has 6 amide bonds. The number of nitrogens with two attached hydrogens (primary N) is 1. The minimum atomic E-state index is -0.996. The number of nitrogens with one attached hydrogen (secondary N) is 1. The molecule has 294 valence electrons. The van der Waals surface area contributed by atoms with Gasteiger partial charge in [-0.15, -0.1) is 0 Å². The molecule has 4 aliphatic heterocycles. The van der Waals surface area contributed by atoms with E-state index in [0.717, 1.165) is 54.9 Å². The third kappa shape index (κ3) is 6.09. The number of hydrogen-bond donors (Lipinski definition) is 2. The number of imide groups is 2. The molecule has 4 aromatic rings. The first kappa shape index (κ1) is 36.5. The monoisotopic (exact) mass is 773 g/mol. The van der Waals surface area contributed by atoms with Gasteiger partial charge in [0.1, 0.15) is 23.0 Å². The predicted octanol–water partition coefficient (Wildman–Crippen LogP) is 2.77. The number of benzene rings is 2. The summed E-state index contributed by atoms with van der Waals surface area (Å²) in [6.45, 7) is 5.78. The summed E-state index contributed by atoms with van der Waals surface area (Å²) in [5, 5.41) is 6.89. The number of likely N-dealkylation sites (N-methyl/N-ethyl adjacent to an activating group) is 1. The fraction of sp³-hybridized carbons (Fsp3) is 0.415. The van der Waals surface area contributed by atoms with E-state index < -0.39 is 35.6 Å². The first-order chi connectivity index (χ1) is 27.4. The molecule has 5 aliphatic rings. The smallest absolute Gasteiger partial charge is 0.262 e. The summed E-state index contributed by atoms with van der Waals surface area (Å²) in [6.07, 6.45) is 6.88. The number of piperidine rings is 1. The molecule has 2 aromatic carbocycles. The lowest BCUT2D eigenvalue weighted by Crippen LogP contribution is -2.61. The van der Waals surface area contributed by atoms with Crippen LogP contribution in [0.1, 0.15) is 99.4 Å². The van der Waals surface area contributed by atoms with Crippen molar-refractivity contribution in [2.24, 2.45) is 5.73 Å². The van der Waals surface area contributed by atoms with E-state index in [1.165, 1.54) is 4.52 Å². The van der Waals surface area contributed by atoms with Crippen molar-refractivity contribution in [2.45, 2.75) is 89.2 Å². The summed E-state index contributed by atoms with van der Waals surface area (Å²) < 4.78 is 7.73. The minimum absolute atomic E-state index is 0.0295. The normalized spacial score (nSPS) is 22.4. The van der Waals surface area contributed by atoms with Crippen LogP contribution in [0.5, 0.6) is 5.75 Å². The minimum Gasteiger partial charge on any atom is -0.490 e. The van der Waals surface area contributed by atoms with Crippen LogP contribution in [0.25, 0.3) is 16.9 Å². The highest BCUT2D eigenvalue weighted by molar-refractivity contribution is 6.23. The number of primary amides is 1. The van der Waals surface area contributed by atoms with Crippen molar-refractivity contribution in [1.82, 2.24) is 34.6 Å². The summed E-state index contributed by atoms with van der Waals surface area (Å²) in [5.41, 5.74) is 10.2. The number of rotatable bonds is 9. The van der Waals surface area contributed by atoms with Gasteiger partial charge in [-0.1, -0.05) is 0 Å². The van der Waals surface area contributed by atoms with Crippen molar-refractivity contribution in [3.63, 3.8) is 0 Å². The van der Waals surface area contributed by atoms with Gasteiger partial charge < -0.3 is 20.3 Å². The van der Waals surface area contributed by atoms with E-state index in [9.17, 15) is 28.8 Å². The maximum absolute atomic E-state index is 14.0. The molecule has 0 radical (unpaired) electrons. The Morgan fingerprint density at radius 1 is 0.912 bits per heavy atom. The third-order valence-corrected chi connectivity index (χ3v) is 12.2. The highest BCUT2D eigenvalue weighted by atomic mass is 16.5. The first-order valence-corrected chi connectivity index (χ1v) is 19.5. The lowest BCUT2D eigenvalue weighted by molar-refractivity contribution is -0.136. The van der Waals surface area contributed by atoms with Crippen molar-refractivity contribution >= 4 is 46.8 Å². The quantitative estimate of drug-likeness (QED) is 0.238.